The molecule has 78 valence electrons. The number of hydrogen-bond donors (Lipinski definition) is 2. The van der Waals surface area contributed by atoms with Crippen molar-refractivity contribution in [3.8, 4) is 0 Å². The number of aliphatic carboxylic acids is 1. The van der Waals surface area contributed by atoms with Gasteiger partial charge in [0.1, 0.15) is 11.7 Å². The Morgan fingerprint density at radius 1 is 1.57 bits per heavy atom. The number of nitrogens with zero attached hydrogens (tertiary/aromatic N) is 1. The fourth-order valence-corrected chi connectivity index (χ4v) is 1.27. The van der Waals surface area contributed by atoms with Gasteiger partial charge in [-0.25, -0.2) is 9.18 Å². The van der Waals surface area contributed by atoms with E-state index in [1.54, 1.807) is 0 Å². The van der Waals surface area contributed by atoms with Crippen molar-refractivity contribution in [3.63, 3.8) is 0 Å². The second-order valence-corrected chi connectivity index (χ2v) is 3.26. The molecule has 0 bridgehead atoms. The number of β-lactam (4-membered cyclic amide) rings is 1. The van der Waals surface area contributed by atoms with Gasteiger partial charge in [0, 0.05) is 0 Å². The van der Waals surface area contributed by atoms with E-state index in [9.17, 15) is 14.0 Å². The van der Waals surface area contributed by atoms with Gasteiger partial charge in [0.05, 0.1) is 0 Å². The minimum atomic E-state index is -1.73. The molecule has 5 nitrogen and oxygen atoms in total. The second-order valence-electron chi connectivity index (χ2n) is 3.26. The van der Waals surface area contributed by atoms with Crippen molar-refractivity contribution in [2.75, 3.05) is 0 Å². The number of amides is 1. The van der Waals surface area contributed by atoms with E-state index in [-0.39, 0.29) is 5.70 Å². The molecule has 2 atom stereocenters. The van der Waals surface area contributed by atoms with Gasteiger partial charge in [-0.1, -0.05) is 0 Å². The summed E-state index contributed by atoms with van der Waals surface area (Å²) in [5.74, 6) is -2.02. The number of hydrogen-bond acceptors (Lipinski definition) is 3. The average Bonchev–Trinajstić information content (AvgIpc) is 2.10. The summed E-state index contributed by atoms with van der Waals surface area (Å²) in [6.45, 7) is 2.99. The molecule has 14 heavy (non-hydrogen) atoms. The number of likely N-dealkylation sites (tertiary alicyclic amines) is 1. The monoisotopic (exact) mass is 202 g/mol. The van der Waals surface area contributed by atoms with Crippen LogP contribution in [0.25, 0.3) is 0 Å². The van der Waals surface area contributed by atoms with Crippen LogP contribution in [0.5, 0.6) is 0 Å². The quantitative estimate of drug-likeness (QED) is 0.370. The zero-order valence-electron chi connectivity index (χ0n) is 7.82. The number of carboxylic acids is 1. The highest BCUT2D eigenvalue weighted by Gasteiger charge is 2.49. The maximum absolute atomic E-state index is 13.1. The van der Waals surface area contributed by atoms with Crippen molar-refractivity contribution in [1.29, 1.82) is 0 Å². The Balaban J connectivity index is 3.00. The largest absolute Gasteiger partial charge is 0.477 e. The molecular weight excluding hydrogens is 191 g/mol. The molecule has 6 heteroatoms. The van der Waals surface area contributed by atoms with E-state index in [2.05, 4.69) is 0 Å². The second kappa shape index (κ2) is 3.38. The van der Waals surface area contributed by atoms with Crippen molar-refractivity contribution in [1.82, 2.24) is 4.90 Å². The molecule has 0 aliphatic carbocycles. The fourth-order valence-electron chi connectivity index (χ4n) is 1.27. The lowest BCUT2D eigenvalue weighted by Crippen LogP contribution is -2.66. The molecule has 1 amide bonds. The van der Waals surface area contributed by atoms with Crippen LogP contribution >= 0.6 is 0 Å². The number of alkyl halides is 1. The van der Waals surface area contributed by atoms with Gasteiger partial charge in [0.2, 0.25) is 6.30 Å². The Labute approximate surface area is 80.0 Å². The smallest absolute Gasteiger partial charge is 0.352 e. The van der Waals surface area contributed by atoms with Gasteiger partial charge in [0.15, 0.2) is 0 Å². The molecule has 3 N–H and O–H groups in total. The third-order valence-electron chi connectivity index (χ3n) is 1.98. The van der Waals surface area contributed by atoms with Crippen LogP contribution in [0.1, 0.15) is 13.8 Å². The Morgan fingerprint density at radius 3 is 2.36 bits per heavy atom. The van der Waals surface area contributed by atoms with Crippen molar-refractivity contribution in [2.24, 2.45) is 5.73 Å². The maximum Gasteiger partial charge on any atom is 0.352 e. The minimum Gasteiger partial charge on any atom is -0.477 e. The van der Waals surface area contributed by atoms with Crippen LogP contribution < -0.4 is 5.73 Å². The van der Waals surface area contributed by atoms with Crippen LogP contribution in [0.4, 0.5) is 4.39 Å². The molecule has 1 aliphatic rings. The first kappa shape index (κ1) is 10.6. The molecule has 1 rings (SSSR count). The lowest BCUT2D eigenvalue weighted by Gasteiger charge is -2.40. The van der Waals surface area contributed by atoms with Crippen LogP contribution in [-0.2, 0) is 9.59 Å². The summed E-state index contributed by atoms with van der Waals surface area (Å²) in [5.41, 5.74) is 5.14. The third-order valence-corrected chi connectivity index (χ3v) is 1.98. The first-order chi connectivity index (χ1) is 6.37. The van der Waals surface area contributed by atoms with Gasteiger partial charge in [0.25, 0.3) is 5.91 Å². The Kier molecular flexibility index (Phi) is 2.57. The van der Waals surface area contributed by atoms with Gasteiger partial charge in [-0.05, 0) is 19.4 Å². The van der Waals surface area contributed by atoms with E-state index in [0.29, 0.717) is 10.5 Å². The molecule has 1 heterocycles. The molecule has 0 radical (unpaired) electrons. The number of halogens is 1. The minimum absolute atomic E-state index is 0.329. The summed E-state index contributed by atoms with van der Waals surface area (Å²) >= 11 is 0. The summed E-state index contributed by atoms with van der Waals surface area (Å²) in [7, 11) is 0. The van der Waals surface area contributed by atoms with Gasteiger partial charge >= 0.3 is 5.97 Å². The number of carbonyl (C=O) groups is 2. The summed E-state index contributed by atoms with van der Waals surface area (Å²) in [6, 6.07) is -1.23. The molecule has 0 aromatic carbocycles. The average molecular weight is 202 g/mol. The number of carbonyl (C=O) groups excluding carboxylic acids is 1. The summed E-state index contributed by atoms with van der Waals surface area (Å²) in [4.78, 5) is 22.4. The predicted molar refractivity (Wildman–Crippen MR) is 45.7 cm³/mol. The first-order valence-corrected chi connectivity index (χ1v) is 4.01. The SMILES string of the molecule is CC(C)=C(C(=O)O)N1C(=O)C(N)C1F. The lowest BCUT2D eigenvalue weighted by atomic mass is 10.0. The van der Waals surface area contributed by atoms with E-state index < -0.39 is 24.2 Å². The highest BCUT2D eigenvalue weighted by Crippen LogP contribution is 2.26. The normalized spacial score (nSPS) is 25.7. The molecule has 1 aliphatic heterocycles. The van der Waals surface area contributed by atoms with E-state index in [0.717, 1.165) is 0 Å². The van der Waals surface area contributed by atoms with Crippen LogP contribution in [0.3, 0.4) is 0 Å². The Bertz CT molecular complexity index is 323. The predicted octanol–water partition coefficient (Wildman–Crippen LogP) is -0.170. The molecule has 0 aromatic rings. The summed E-state index contributed by atoms with van der Waals surface area (Å²) in [5, 5.41) is 8.74. The molecule has 0 aromatic heterocycles. The molecule has 1 fully saturated rings. The van der Waals surface area contributed by atoms with E-state index in [1.165, 1.54) is 13.8 Å². The number of allylic oxidation sites excluding steroid dienone is 1. The van der Waals surface area contributed by atoms with Crippen molar-refractivity contribution in [2.45, 2.75) is 26.2 Å². The van der Waals surface area contributed by atoms with Gasteiger partial charge in [-0.15, -0.1) is 0 Å². The molecule has 0 spiro atoms. The summed E-state index contributed by atoms with van der Waals surface area (Å²) in [6.07, 6.45) is -1.73. The molecule has 0 saturated carbocycles. The van der Waals surface area contributed by atoms with Gasteiger partial charge in [-0.2, -0.15) is 0 Å². The zero-order chi connectivity index (χ0) is 11.0. The highest BCUT2D eigenvalue weighted by atomic mass is 19.1. The van der Waals surface area contributed by atoms with Gasteiger partial charge in [-0.3, -0.25) is 9.69 Å². The zero-order valence-corrected chi connectivity index (χ0v) is 7.82. The number of nitrogens with two attached hydrogens (primary N) is 1. The topological polar surface area (TPSA) is 83.6 Å². The van der Waals surface area contributed by atoms with Crippen molar-refractivity contribution < 1.29 is 19.1 Å². The van der Waals surface area contributed by atoms with Crippen LogP contribution in [0.15, 0.2) is 11.3 Å². The maximum atomic E-state index is 13.1. The third kappa shape index (κ3) is 1.37. The first-order valence-electron chi connectivity index (χ1n) is 4.01. The standard InChI is InChI=1S/C8H11FN2O3/c1-3(2)5(8(13)14)11-6(9)4(10)7(11)12/h4,6H,10H2,1-2H3,(H,13,14). The molecule has 2 unspecified atom stereocenters. The van der Waals surface area contributed by atoms with Gasteiger partial charge < -0.3 is 10.8 Å². The van der Waals surface area contributed by atoms with E-state index in [1.807, 2.05) is 0 Å². The molecular formula is C8H11FN2O3. The lowest BCUT2D eigenvalue weighted by molar-refractivity contribution is -0.159. The van der Waals surface area contributed by atoms with Crippen LogP contribution in [0, 0.1) is 0 Å². The highest BCUT2D eigenvalue weighted by molar-refractivity contribution is 5.98. The number of carboxylic acid groups (broad SMARTS) is 1. The van der Waals surface area contributed by atoms with Crippen molar-refractivity contribution >= 4 is 11.9 Å². The Morgan fingerprint density at radius 2 is 2.07 bits per heavy atom. The van der Waals surface area contributed by atoms with Crippen LogP contribution in [-0.4, -0.2) is 34.2 Å². The van der Waals surface area contributed by atoms with E-state index in [4.69, 9.17) is 10.8 Å². The van der Waals surface area contributed by atoms with E-state index >= 15 is 0 Å². The molecule has 1 saturated heterocycles. The fraction of sp³-hybridized carbons (Fsp3) is 0.500. The van der Waals surface area contributed by atoms with Crippen LogP contribution in [0.2, 0.25) is 0 Å². The van der Waals surface area contributed by atoms with Crippen molar-refractivity contribution in [3.05, 3.63) is 11.3 Å². The number of rotatable bonds is 2. The Hall–Kier alpha value is -1.43. The summed E-state index contributed by atoms with van der Waals surface area (Å²) < 4.78 is 13.1.